The highest BCUT2D eigenvalue weighted by atomic mass is 35.5. The van der Waals surface area contributed by atoms with Gasteiger partial charge in [-0.1, -0.05) is 18.0 Å². The Morgan fingerprint density at radius 3 is 2.68 bits per heavy atom. The average molecular weight is 414 g/mol. The number of hydrogen-bond donors (Lipinski definition) is 2. The van der Waals surface area contributed by atoms with Crippen LogP contribution < -0.4 is 15.4 Å². The number of aromatic nitrogens is 1. The molecule has 0 unspecified atom stereocenters. The molecule has 0 aliphatic heterocycles. The van der Waals surface area contributed by atoms with Crippen LogP contribution in [0.15, 0.2) is 30.5 Å². The molecule has 1 fully saturated rings. The second-order valence-corrected chi connectivity index (χ2v) is 7.03. The quantitative estimate of drug-likeness (QED) is 0.696. The minimum Gasteiger partial charge on any atom is -0.495 e. The van der Waals surface area contributed by atoms with Crippen molar-refractivity contribution in [2.75, 3.05) is 19.0 Å². The van der Waals surface area contributed by atoms with Gasteiger partial charge in [-0.3, -0.25) is 4.79 Å². The summed E-state index contributed by atoms with van der Waals surface area (Å²) in [4.78, 5) is 16.2. The molecule has 0 spiro atoms. The summed E-state index contributed by atoms with van der Waals surface area (Å²) in [6, 6.07) is 5.49. The molecule has 1 aliphatic rings. The van der Waals surface area contributed by atoms with Gasteiger partial charge in [-0.25, -0.2) is 4.98 Å². The van der Waals surface area contributed by atoms with Crippen molar-refractivity contribution in [2.24, 2.45) is 5.92 Å². The zero-order valence-electron chi connectivity index (χ0n) is 15.1. The van der Waals surface area contributed by atoms with Crippen LogP contribution in [0.4, 0.5) is 24.7 Å². The number of methoxy groups -OCH3 is 1. The fraction of sp³-hybridized carbons (Fsp3) is 0.368. The number of hydrogen-bond acceptors (Lipinski definition) is 4. The summed E-state index contributed by atoms with van der Waals surface area (Å²) in [5, 5.41) is 5.71. The number of amides is 1. The standard InChI is InChI=1S/C19H19ClF3N3O2/c1-28-16-6-5-12(20)7-15(16)26-17-8-14(19(21,22)23)13(10-24-17)18(27)25-9-11-3-2-4-11/h5-8,10-11H,2-4,9H2,1H3,(H,24,26)(H,25,27). The fourth-order valence-electron chi connectivity index (χ4n) is 2.88. The van der Waals surface area contributed by atoms with Crippen LogP contribution >= 0.6 is 11.6 Å². The monoisotopic (exact) mass is 413 g/mol. The third-order valence-electron chi connectivity index (χ3n) is 4.65. The zero-order valence-corrected chi connectivity index (χ0v) is 15.8. The highest BCUT2D eigenvalue weighted by Gasteiger charge is 2.36. The molecule has 28 heavy (non-hydrogen) atoms. The number of anilines is 2. The lowest BCUT2D eigenvalue weighted by atomic mass is 9.85. The number of carbonyl (C=O) groups is 1. The van der Waals surface area contributed by atoms with Gasteiger partial charge in [0, 0.05) is 17.8 Å². The highest BCUT2D eigenvalue weighted by Crippen LogP contribution is 2.35. The number of rotatable bonds is 6. The minimum absolute atomic E-state index is 0.0802. The molecule has 3 rings (SSSR count). The smallest absolute Gasteiger partial charge is 0.417 e. The van der Waals surface area contributed by atoms with Crippen LogP contribution in [-0.4, -0.2) is 24.5 Å². The molecule has 1 saturated carbocycles. The number of nitrogens with one attached hydrogen (secondary N) is 2. The molecule has 1 amide bonds. The minimum atomic E-state index is -4.71. The molecule has 0 atom stereocenters. The first-order chi connectivity index (χ1) is 13.3. The summed E-state index contributed by atoms with van der Waals surface area (Å²) >= 11 is 5.94. The summed E-state index contributed by atoms with van der Waals surface area (Å²) in [7, 11) is 1.43. The summed E-state index contributed by atoms with van der Waals surface area (Å²) < 4.78 is 45.8. The maximum atomic E-state index is 13.5. The van der Waals surface area contributed by atoms with Crippen molar-refractivity contribution in [3.05, 3.63) is 46.6 Å². The predicted octanol–water partition coefficient (Wildman–Crippen LogP) is 5.04. The third-order valence-corrected chi connectivity index (χ3v) is 4.89. The Morgan fingerprint density at radius 1 is 1.32 bits per heavy atom. The van der Waals surface area contributed by atoms with Gasteiger partial charge in [0.1, 0.15) is 11.6 Å². The number of pyridine rings is 1. The maximum absolute atomic E-state index is 13.5. The maximum Gasteiger partial charge on any atom is 0.417 e. The van der Waals surface area contributed by atoms with Crippen molar-refractivity contribution in [1.29, 1.82) is 0 Å². The van der Waals surface area contributed by atoms with E-state index < -0.39 is 23.2 Å². The number of benzene rings is 1. The molecule has 0 bridgehead atoms. The summed E-state index contributed by atoms with van der Waals surface area (Å²) in [6.45, 7) is 0.371. The highest BCUT2D eigenvalue weighted by molar-refractivity contribution is 6.31. The largest absolute Gasteiger partial charge is 0.495 e. The van der Waals surface area contributed by atoms with Crippen LogP contribution in [0, 0.1) is 5.92 Å². The van der Waals surface area contributed by atoms with Gasteiger partial charge in [-0.05, 0) is 43.0 Å². The topological polar surface area (TPSA) is 63.2 Å². The molecule has 2 N–H and O–H groups in total. The lowest BCUT2D eigenvalue weighted by Gasteiger charge is -2.25. The SMILES string of the molecule is COc1ccc(Cl)cc1Nc1cc(C(F)(F)F)c(C(=O)NCC2CCC2)cn1. The molecule has 150 valence electrons. The number of nitrogens with zero attached hydrogens (tertiary/aromatic N) is 1. The normalized spacial score (nSPS) is 14.3. The fourth-order valence-corrected chi connectivity index (χ4v) is 3.06. The second kappa shape index (κ2) is 8.26. The Labute approximate surface area is 165 Å². The van der Waals surface area contributed by atoms with E-state index in [0.717, 1.165) is 31.5 Å². The lowest BCUT2D eigenvalue weighted by molar-refractivity contribution is -0.137. The van der Waals surface area contributed by atoms with Gasteiger partial charge in [0.05, 0.1) is 23.9 Å². The molecular weight excluding hydrogens is 395 g/mol. The van der Waals surface area contributed by atoms with Crippen molar-refractivity contribution < 1.29 is 22.7 Å². The third kappa shape index (κ3) is 4.67. The van der Waals surface area contributed by atoms with E-state index in [-0.39, 0.29) is 5.82 Å². The van der Waals surface area contributed by atoms with Gasteiger partial charge in [0.15, 0.2) is 0 Å². The van der Waals surface area contributed by atoms with Crippen LogP contribution in [0.3, 0.4) is 0 Å². The van der Waals surface area contributed by atoms with Crippen molar-refractivity contribution in [3.8, 4) is 5.75 Å². The zero-order chi connectivity index (χ0) is 20.3. The first-order valence-corrected chi connectivity index (χ1v) is 9.11. The molecule has 1 aromatic heterocycles. The number of ether oxygens (including phenoxy) is 1. The summed E-state index contributed by atoms with van der Waals surface area (Å²) in [6.07, 6.45) is -0.730. The van der Waals surface area contributed by atoms with E-state index in [9.17, 15) is 18.0 Å². The number of halogens is 4. The first kappa shape index (κ1) is 20.3. The van der Waals surface area contributed by atoms with E-state index >= 15 is 0 Å². The molecule has 2 aromatic rings. The molecular formula is C19H19ClF3N3O2. The first-order valence-electron chi connectivity index (χ1n) is 8.74. The Morgan fingerprint density at radius 2 is 2.07 bits per heavy atom. The van der Waals surface area contributed by atoms with Crippen LogP contribution in [0.25, 0.3) is 0 Å². The van der Waals surface area contributed by atoms with Crippen LogP contribution in [0.5, 0.6) is 5.75 Å². The Kier molecular flexibility index (Phi) is 5.98. The van der Waals surface area contributed by atoms with Crippen molar-refractivity contribution >= 4 is 29.0 Å². The van der Waals surface area contributed by atoms with Gasteiger partial charge < -0.3 is 15.4 Å². The molecule has 1 aromatic carbocycles. The van der Waals surface area contributed by atoms with E-state index in [1.54, 1.807) is 12.1 Å². The van der Waals surface area contributed by atoms with E-state index in [0.29, 0.717) is 28.9 Å². The van der Waals surface area contributed by atoms with Gasteiger partial charge in [0.2, 0.25) is 0 Å². The summed E-state index contributed by atoms with van der Waals surface area (Å²) in [5.41, 5.74) is -1.20. The van der Waals surface area contributed by atoms with E-state index in [4.69, 9.17) is 16.3 Å². The van der Waals surface area contributed by atoms with E-state index in [1.807, 2.05) is 0 Å². The molecule has 0 radical (unpaired) electrons. The molecule has 1 aliphatic carbocycles. The summed E-state index contributed by atoms with van der Waals surface area (Å²) in [5.74, 6) is -0.133. The molecule has 0 saturated heterocycles. The number of alkyl halides is 3. The van der Waals surface area contributed by atoms with Crippen molar-refractivity contribution in [1.82, 2.24) is 10.3 Å². The molecule has 9 heteroatoms. The van der Waals surface area contributed by atoms with Gasteiger partial charge >= 0.3 is 6.18 Å². The van der Waals surface area contributed by atoms with Gasteiger partial charge in [0.25, 0.3) is 5.91 Å². The second-order valence-electron chi connectivity index (χ2n) is 6.59. The van der Waals surface area contributed by atoms with Crippen LogP contribution in [0.2, 0.25) is 5.02 Å². The van der Waals surface area contributed by atoms with Gasteiger partial charge in [-0.2, -0.15) is 13.2 Å². The Bertz CT molecular complexity index is 870. The van der Waals surface area contributed by atoms with Crippen LogP contribution in [0.1, 0.15) is 35.2 Å². The molecule has 5 nitrogen and oxygen atoms in total. The van der Waals surface area contributed by atoms with E-state index in [1.165, 1.54) is 13.2 Å². The van der Waals surface area contributed by atoms with Crippen LogP contribution in [-0.2, 0) is 6.18 Å². The van der Waals surface area contributed by atoms with Crippen molar-refractivity contribution in [3.63, 3.8) is 0 Å². The Hall–Kier alpha value is -2.48. The molecule has 1 heterocycles. The predicted molar refractivity (Wildman–Crippen MR) is 100 cm³/mol. The van der Waals surface area contributed by atoms with E-state index in [2.05, 4.69) is 15.6 Å². The van der Waals surface area contributed by atoms with Gasteiger partial charge in [-0.15, -0.1) is 0 Å². The number of carbonyl (C=O) groups excluding carboxylic acids is 1. The Balaban J connectivity index is 1.86. The van der Waals surface area contributed by atoms with Crippen molar-refractivity contribution in [2.45, 2.75) is 25.4 Å². The lowest BCUT2D eigenvalue weighted by Crippen LogP contribution is -2.33. The average Bonchev–Trinajstić information content (AvgIpc) is 2.59.